The average Bonchev–Trinajstić information content (AvgIpc) is 3.71. The second-order valence-electron chi connectivity index (χ2n) is 10.8. The van der Waals surface area contributed by atoms with Gasteiger partial charge in [0.15, 0.2) is 0 Å². The molecule has 0 aliphatic heterocycles. The molecule has 0 spiro atoms. The number of rotatable bonds is 4. The van der Waals surface area contributed by atoms with Gasteiger partial charge in [-0.25, -0.2) is 19.9 Å². The first-order valence-electron chi connectivity index (χ1n) is 16.0. The maximum atomic E-state index is 4.96. The number of hydrogen-bond donors (Lipinski definition) is 0. The molecule has 274 valence electrons. The number of aromatic nitrogens is 9. The third-order valence-electron chi connectivity index (χ3n) is 6.90. The summed E-state index contributed by atoms with van der Waals surface area (Å²) in [5, 5.41) is 3.93. The lowest BCUT2D eigenvalue weighted by Gasteiger charge is -2.03. The normalized spacial score (nSPS) is 9.27. The van der Waals surface area contributed by atoms with Gasteiger partial charge < -0.3 is 23.5 Å². The van der Waals surface area contributed by atoms with Gasteiger partial charge in [-0.3, -0.25) is 9.67 Å². The topological polar surface area (TPSA) is 137 Å². The van der Waals surface area contributed by atoms with Gasteiger partial charge in [-0.2, -0.15) is 10.1 Å². The van der Waals surface area contributed by atoms with E-state index in [1.54, 1.807) is 46.2 Å². The summed E-state index contributed by atoms with van der Waals surface area (Å²) in [4.78, 5) is 23.9. The van der Waals surface area contributed by atoms with E-state index >= 15 is 0 Å². The van der Waals surface area contributed by atoms with Crippen LogP contribution in [0, 0.1) is 48.5 Å². The minimum Gasteiger partial charge on any atom is -0.481 e. The van der Waals surface area contributed by atoms with E-state index in [9.17, 15) is 0 Å². The zero-order chi connectivity index (χ0) is 38.2. The van der Waals surface area contributed by atoms with Crippen molar-refractivity contribution >= 4 is 0 Å². The molecule has 0 saturated carbocycles. The lowest BCUT2D eigenvalue weighted by atomic mass is 10.2. The van der Waals surface area contributed by atoms with Gasteiger partial charge in [0.2, 0.25) is 17.6 Å². The molecule has 13 heteroatoms. The molecule has 0 N–H and O–H groups in total. The summed E-state index contributed by atoms with van der Waals surface area (Å²) in [5.41, 5.74) is 7.71. The van der Waals surface area contributed by atoms with Gasteiger partial charge in [-0.15, -0.1) is 0 Å². The summed E-state index contributed by atoms with van der Waals surface area (Å²) in [6, 6.07) is 15.8. The summed E-state index contributed by atoms with van der Waals surface area (Å²) in [7, 11) is 10.2. The minimum absolute atomic E-state index is 0.326. The average molecular weight is 700 g/mol. The zero-order valence-corrected chi connectivity index (χ0v) is 32.2. The lowest BCUT2D eigenvalue weighted by Crippen LogP contribution is -1.96. The molecular formula is C38H53N9O4. The fraction of sp³-hybridized carbons (Fsp3) is 0.342. The van der Waals surface area contributed by atoms with Gasteiger partial charge in [0, 0.05) is 85.0 Å². The van der Waals surface area contributed by atoms with E-state index in [1.165, 1.54) is 24.1 Å². The van der Waals surface area contributed by atoms with E-state index < -0.39 is 0 Å². The van der Waals surface area contributed by atoms with Crippen molar-refractivity contribution in [1.82, 2.24) is 44.3 Å². The Morgan fingerprint density at radius 2 is 1.22 bits per heavy atom. The molecular weight excluding hydrogens is 646 g/mol. The molecule has 13 nitrogen and oxygen atoms in total. The van der Waals surface area contributed by atoms with Crippen molar-refractivity contribution in [1.29, 1.82) is 0 Å². The number of methoxy groups -OCH3 is 4. The van der Waals surface area contributed by atoms with E-state index in [1.807, 2.05) is 120 Å². The number of hydrogen-bond acceptors (Lipinski definition) is 11. The zero-order valence-electron chi connectivity index (χ0n) is 32.2. The predicted molar refractivity (Wildman–Crippen MR) is 201 cm³/mol. The lowest BCUT2D eigenvalue weighted by molar-refractivity contribution is 0.350. The molecule has 0 aromatic carbocycles. The molecule has 0 unspecified atom stereocenters. The van der Waals surface area contributed by atoms with Crippen LogP contribution in [0.2, 0.25) is 0 Å². The maximum Gasteiger partial charge on any atom is 0.319 e. The highest BCUT2D eigenvalue weighted by atomic mass is 16.5. The highest BCUT2D eigenvalue weighted by Gasteiger charge is 2.02. The Morgan fingerprint density at radius 3 is 1.57 bits per heavy atom. The van der Waals surface area contributed by atoms with Crippen LogP contribution in [0.25, 0.3) is 0 Å². The maximum absolute atomic E-state index is 4.96. The van der Waals surface area contributed by atoms with E-state index in [0.717, 1.165) is 22.5 Å². The molecule has 6 aromatic rings. The first-order valence-corrected chi connectivity index (χ1v) is 16.0. The summed E-state index contributed by atoms with van der Waals surface area (Å²) >= 11 is 0. The molecule has 0 aliphatic carbocycles. The molecule has 0 amide bonds. The van der Waals surface area contributed by atoms with Crippen LogP contribution in [0.3, 0.4) is 0 Å². The Balaban J connectivity index is 0.000000308. The van der Waals surface area contributed by atoms with E-state index in [2.05, 4.69) is 48.0 Å². The van der Waals surface area contributed by atoms with Crippen LogP contribution < -0.4 is 18.9 Å². The number of ether oxygens (including phenoxy) is 4. The van der Waals surface area contributed by atoms with Crippen LogP contribution in [0.1, 0.15) is 39.5 Å². The van der Waals surface area contributed by atoms with Crippen molar-refractivity contribution < 1.29 is 18.9 Å². The van der Waals surface area contributed by atoms with Gasteiger partial charge in [0.25, 0.3) is 0 Å². The SMILES string of the molecule is COc1cccc(C)n1.COc1ncc(C)c(OC)n1.COc1ncccc1C.Cc1cccnc1C.Cc1ccnn1C.Cc1cncn1C. The Hall–Kier alpha value is -5.85. The molecule has 6 aromatic heterocycles. The Labute approximate surface area is 302 Å². The fourth-order valence-electron chi connectivity index (χ4n) is 3.46. The van der Waals surface area contributed by atoms with Gasteiger partial charge in [0.1, 0.15) is 0 Å². The quantitative estimate of drug-likeness (QED) is 0.193. The number of pyridine rings is 3. The first kappa shape index (κ1) is 43.2. The van der Waals surface area contributed by atoms with E-state index in [4.69, 9.17) is 18.9 Å². The van der Waals surface area contributed by atoms with Crippen LogP contribution in [-0.2, 0) is 14.1 Å². The molecule has 51 heavy (non-hydrogen) atoms. The number of aryl methyl sites for hydroxylation is 9. The second kappa shape index (κ2) is 24.3. The van der Waals surface area contributed by atoms with E-state index in [0.29, 0.717) is 23.7 Å². The van der Waals surface area contributed by atoms with E-state index in [-0.39, 0.29) is 0 Å². The monoisotopic (exact) mass is 699 g/mol. The minimum atomic E-state index is 0.326. The van der Waals surface area contributed by atoms with Crippen LogP contribution in [0.4, 0.5) is 0 Å². The molecule has 0 atom stereocenters. The van der Waals surface area contributed by atoms with Crippen molar-refractivity contribution in [3.05, 3.63) is 125 Å². The van der Waals surface area contributed by atoms with Crippen LogP contribution >= 0.6 is 0 Å². The smallest absolute Gasteiger partial charge is 0.319 e. The summed E-state index contributed by atoms with van der Waals surface area (Å²) in [6.45, 7) is 13.9. The van der Waals surface area contributed by atoms with Crippen LogP contribution in [-0.4, -0.2) is 72.7 Å². The second-order valence-corrected chi connectivity index (χ2v) is 10.8. The molecule has 0 radical (unpaired) electrons. The van der Waals surface area contributed by atoms with Crippen molar-refractivity contribution in [2.24, 2.45) is 14.1 Å². The van der Waals surface area contributed by atoms with Crippen molar-refractivity contribution in [3.63, 3.8) is 0 Å². The Kier molecular flexibility index (Phi) is 20.6. The third-order valence-corrected chi connectivity index (χ3v) is 6.90. The molecule has 0 saturated heterocycles. The fourth-order valence-corrected chi connectivity index (χ4v) is 3.46. The summed E-state index contributed by atoms with van der Waals surface area (Å²) < 4.78 is 23.4. The van der Waals surface area contributed by atoms with Crippen LogP contribution in [0.15, 0.2) is 85.8 Å². The predicted octanol–water partition coefficient (Wildman–Crippen LogP) is 6.75. The van der Waals surface area contributed by atoms with Crippen LogP contribution in [0.5, 0.6) is 23.7 Å². The molecule has 0 aliphatic rings. The Bertz CT molecular complexity index is 1730. The molecule has 6 rings (SSSR count). The van der Waals surface area contributed by atoms with Gasteiger partial charge >= 0.3 is 6.01 Å². The number of imidazole rings is 1. The molecule has 0 fully saturated rings. The summed E-state index contributed by atoms with van der Waals surface area (Å²) in [6.07, 6.45) is 10.6. The standard InChI is InChI=1S/C7H10N2O2.2C7H9NO.C7H9N.2C5H8N2/c1-5-4-8-7(11-3)9-6(5)10-2;1-6-4-3-5-8-7(6)9-2;1-6-4-3-5-7(8-6)9-2;1-6-4-3-5-8-7(6)2;1-5-3-6-4-7(5)2;1-5-3-4-6-7(5)2/h4H,1-3H3;2*3-5H,1-2H3;3-5H,1-2H3;2*3-4H,1-2H3. The highest BCUT2D eigenvalue weighted by molar-refractivity contribution is 5.23. The van der Waals surface area contributed by atoms with Gasteiger partial charge in [0.05, 0.1) is 34.8 Å². The van der Waals surface area contributed by atoms with Crippen molar-refractivity contribution in [2.45, 2.75) is 48.5 Å². The highest BCUT2D eigenvalue weighted by Crippen LogP contribution is 2.14. The molecule has 6 heterocycles. The molecule has 0 bridgehead atoms. The largest absolute Gasteiger partial charge is 0.481 e. The van der Waals surface area contributed by atoms with Crippen molar-refractivity contribution in [2.75, 3.05) is 28.4 Å². The first-order chi connectivity index (χ1) is 24.4. The summed E-state index contributed by atoms with van der Waals surface area (Å²) in [5.74, 6) is 1.93. The van der Waals surface area contributed by atoms with Gasteiger partial charge in [-0.05, 0) is 78.3 Å². The van der Waals surface area contributed by atoms with Gasteiger partial charge in [-0.1, -0.05) is 18.2 Å². The third kappa shape index (κ3) is 17.4. The number of nitrogens with zero attached hydrogens (tertiary/aromatic N) is 9. The van der Waals surface area contributed by atoms with Crippen molar-refractivity contribution in [3.8, 4) is 23.7 Å². The Morgan fingerprint density at radius 1 is 0.549 bits per heavy atom.